The average Bonchev–Trinajstić information content (AvgIpc) is 2.52. The Balaban J connectivity index is 0.00000243. The maximum Gasteiger partial charge on any atom is 0.267 e. The number of pyridine rings is 1. The van der Waals surface area contributed by atoms with Gasteiger partial charge in [-0.3, -0.25) is 9.78 Å². The van der Waals surface area contributed by atoms with Crippen LogP contribution in [0.4, 0.5) is 0 Å². The Morgan fingerprint density at radius 1 is 1.35 bits per heavy atom. The number of nitrogens with zero attached hydrogens (tertiary/aromatic N) is 2. The molecule has 2 fully saturated rings. The van der Waals surface area contributed by atoms with Crippen molar-refractivity contribution in [3.63, 3.8) is 0 Å². The highest BCUT2D eigenvalue weighted by molar-refractivity contribution is 5.90. The van der Waals surface area contributed by atoms with Gasteiger partial charge in [-0.15, -0.1) is 12.4 Å². The van der Waals surface area contributed by atoms with E-state index in [0.29, 0.717) is 17.5 Å². The first-order valence-corrected chi connectivity index (χ1v) is 9.30. The molecule has 0 spiro atoms. The van der Waals surface area contributed by atoms with Crippen LogP contribution >= 0.6 is 12.4 Å². The Morgan fingerprint density at radius 3 is 2.46 bits per heavy atom. The number of piperidine rings is 1. The van der Waals surface area contributed by atoms with E-state index in [9.17, 15) is 4.79 Å². The van der Waals surface area contributed by atoms with Crippen LogP contribution in [0.2, 0.25) is 0 Å². The molecular formula is C20H32ClN3O2. The molecule has 3 rings (SSSR count). The minimum Gasteiger partial charge on any atom is -0.373 e. The van der Waals surface area contributed by atoms with Gasteiger partial charge in [0.1, 0.15) is 11.3 Å². The monoisotopic (exact) mass is 381 g/mol. The summed E-state index contributed by atoms with van der Waals surface area (Å²) in [5.41, 5.74) is 6.79. The van der Waals surface area contributed by atoms with Crippen LogP contribution in [0.1, 0.15) is 56.1 Å². The summed E-state index contributed by atoms with van der Waals surface area (Å²) in [4.78, 5) is 18.3. The molecule has 1 saturated heterocycles. The van der Waals surface area contributed by atoms with E-state index >= 15 is 0 Å². The Labute approximate surface area is 163 Å². The SMILES string of the molecule is CO[C@@]1(c2ccnc(C(N)=O)c2)[C@@H]2CCC[C@H]1CN(CC(C)(C)C)C2.Cl. The van der Waals surface area contributed by atoms with E-state index in [1.165, 1.54) is 6.42 Å². The molecule has 2 bridgehead atoms. The topological polar surface area (TPSA) is 68.5 Å². The van der Waals surface area contributed by atoms with Gasteiger partial charge in [0.25, 0.3) is 5.91 Å². The Kier molecular flexibility index (Phi) is 6.36. The smallest absolute Gasteiger partial charge is 0.267 e. The second-order valence-electron chi connectivity index (χ2n) is 8.87. The number of carbonyl (C=O) groups is 1. The van der Waals surface area contributed by atoms with Gasteiger partial charge in [-0.05, 0) is 36.0 Å². The van der Waals surface area contributed by atoms with Crippen LogP contribution < -0.4 is 5.73 Å². The lowest BCUT2D eigenvalue weighted by Gasteiger charge is -2.56. The molecule has 2 N–H and O–H groups in total. The summed E-state index contributed by atoms with van der Waals surface area (Å²) < 4.78 is 6.24. The lowest BCUT2D eigenvalue weighted by Crippen LogP contribution is -2.60. The van der Waals surface area contributed by atoms with Crippen LogP contribution in [0.3, 0.4) is 0 Å². The van der Waals surface area contributed by atoms with Crippen molar-refractivity contribution in [2.45, 2.75) is 45.6 Å². The number of rotatable bonds is 4. The normalized spacial score (nSPS) is 29.1. The number of hydrogen-bond donors (Lipinski definition) is 1. The van der Waals surface area contributed by atoms with Crippen molar-refractivity contribution in [1.82, 2.24) is 9.88 Å². The standard InChI is InChI=1S/C20H31N3O2.ClH/c1-19(2,3)13-23-11-15-6-5-7-16(12-23)20(15,25-4)14-8-9-22-17(10-14)18(21)24;/h8-10,15-16H,5-7,11-13H2,1-4H3,(H2,21,24);1H/t15-,16+,20+;. The van der Waals surface area contributed by atoms with Crippen LogP contribution in [0, 0.1) is 17.3 Å². The van der Waals surface area contributed by atoms with Gasteiger partial charge in [-0.25, -0.2) is 0 Å². The van der Waals surface area contributed by atoms with Crippen molar-refractivity contribution < 1.29 is 9.53 Å². The van der Waals surface area contributed by atoms with Gasteiger partial charge in [0.2, 0.25) is 0 Å². The first-order valence-electron chi connectivity index (χ1n) is 9.30. The lowest BCUT2D eigenvalue weighted by molar-refractivity contribution is -0.171. The molecular weight excluding hydrogens is 350 g/mol. The van der Waals surface area contributed by atoms with Crippen LogP contribution in [-0.2, 0) is 10.3 Å². The number of ether oxygens (including phenoxy) is 1. The van der Waals surface area contributed by atoms with Crippen LogP contribution in [-0.4, -0.2) is 42.5 Å². The second-order valence-corrected chi connectivity index (χ2v) is 8.87. The minimum atomic E-state index is -0.483. The van der Waals surface area contributed by atoms with E-state index in [4.69, 9.17) is 10.5 Å². The summed E-state index contributed by atoms with van der Waals surface area (Å²) in [5.74, 6) is 0.370. The predicted octanol–water partition coefficient (Wildman–Crippen LogP) is 3.22. The molecule has 1 saturated carbocycles. The maximum atomic E-state index is 11.6. The molecule has 2 heterocycles. The number of amides is 1. The number of methoxy groups -OCH3 is 1. The fourth-order valence-electron chi connectivity index (χ4n) is 5.06. The van der Waals surface area contributed by atoms with E-state index in [2.05, 4.69) is 30.7 Å². The van der Waals surface area contributed by atoms with Crippen LogP contribution in [0.25, 0.3) is 0 Å². The number of hydrogen-bond acceptors (Lipinski definition) is 4. The van der Waals surface area contributed by atoms with Gasteiger partial charge in [0.05, 0.1) is 0 Å². The second kappa shape index (κ2) is 7.83. The number of nitrogens with two attached hydrogens (primary N) is 1. The molecule has 0 aromatic carbocycles. The van der Waals surface area contributed by atoms with Gasteiger partial charge >= 0.3 is 0 Å². The van der Waals surface area contributed by atoms with Gasteiger partial charge in [-0.2, -0.15) is 0 Å². The zero-order valence-corrected chi connectivity index (χ0v) is 17.1. The lowest BCUT2D eigenvalue weighted by atomic mass is 9.62. The van der Waals surface area contributed by atoms with Gasteiger partial charge < -0.3 is 15.4 Å². The number of aromatic nitrogens is 1. The van der Waals surface area contributed by atoms with Crippen molar-refractivity contribution in [2.24, 2.45) is 23.0 Å². The average molecular weight is 382 g/mol. The highest BCUT2D eigenvalue weighted by atomic mass is 35.5. The Hall–Kier alpha value is -1.17. The number of fused-ring (bicyclic) bond motifs is 2. The molecule has 6 heteroatoms. The molecule has 2 aliphatic rings. The summed E-state index contributed by atoms with van der Waals surface area (Å²) in [6.45, 7) is 10.1. The fraction of sp³-hybridized carbons (Fsp3) is 0.700. The van der Waals surface area contributed by atoms with E-state index in [1.54, 1.807) is 6.20 Å². The van der Waals surface area contributed by atoms with Crippen LogP contribution in [0.5, 0.6) is 0 Å². The van der Waals surface area contributed by atoms with E-state index in [-0.39, 0.29) is 23.4 Å². The molecule has 1 aromatic rings. The number of halogens is 1. The highest BCUT2D eigenvalue weighted by Gasteiger charge is 2.53. The Morgan fingerprint density at radius 2 is 1.96 bits per heavy atom. The van der Waals surface area contributed by atoms with Crippen molar-refractivity contribution in [3.8, 4) is 0 Å². The van der Waals surface area contributed by atoms with Crippen molar-refractivity contribution in [2.75, 3.05) is 26.7 Å². The van der Waals surface area contributed by atoms with Gasteiger partial charge in [0, 0.05) is 44.8 Å². The van der Waals surface area contributed by atoms with E-state index < -0.39 is 5.91 Å². The maximum absolute atomic E-state index is 11.6. The first kappa shape index (κ1) is 21.1. The zero-order chi connectivity index (χ0) is 18.2. The summed E-state index contributed by atoms with van der Waals surface area (Å²) in [6, 6.07) is 3.84. The van der Waals surface area contributed by atoms with E-state index in [0.717, 1.165) is 38.0 Å². The van der Waals surface area contributed by atoms with E-state index in [1.807, 2.05) is 19.2 Å². The summed E-state index contributed by atoms with van der Waals surface area (Å²) in [7, 11) is 1.81. The summed E-state index contributed by atoms with van der Waals surface area (Å²) in [6.07, 6.45) is 5.24. The molecule has 1 aliphatic heterocycles. The fourth-order valence-corrected chi connectivity index (χ4v) is 5.06. The molecule has 0 radical (unpaired) electrons. The number of primary amides is 1. The number of carbonyl (C=O) groups excluding carboxylic acids is 1. The third-order valence-electron chi connectivity index (χ3n) is 5.77. The minimum absolute atomic E-state index is 0. The number of likely N-dealkylation sites (tertiary alicyclic amines) is 1. The van der Waals surface area contributed by atoms with Crippen molar-refractivity contribution in [1.29, 1.82) is 0 Å². The third-order valence-corrected chi connectivity index (χ3v) is 5.77. The largest absolute Gasteiger partial charge is 0.373 e. The molecule has 1 aliphatic carbocycles. The molecule has 1 aromatic heterocycles. The quantitative estimate of drug-likeness (QED) is 0.869. The van der Waals surface area contributed by atoms with Crippen molar-refractivity contribution >= 4 is 18.3 Å². The van der Waals surface area contributed by atoms with Gasteiger partial charge in [-0.1, -0.05) is 27.2 Å². The zero-order valence-electron chi connectivity index (χ0n) is 16.3. The molecule has 1 amide bonds. The van der Waals surface area contributed by atoms with Gasteiger partial charge in [0.15, 0.2) is 0 Å². The summed E-state index contributed by atoms with van der Waals surface area (Å²) >= 11 is 0. The highest BCUT2D eigenvalue weighted by Crippen LogP contribution is 2.51. The third kappa shape index (κ3) is 3.90. The molecule has 3 atom stereocenters. The predicted molar refractivity (Wildman–Crippen MR) is 105 cm³/mol. The van der Waals surface area contributed by atoms with Crippen molar-refractivity contribution in [3.05, 3.63) is 29.6 Å². The first-order chi connectivity index (χ1) is 11.8. The van der Waals surface area contributed by atoms with Crippen LogP contribution in [0.15, 0.2) is 18.3 Å². The molecule has 5 nitrogen and oxygen atoms in total. The molecule has 0 unspecified atom stereocenters. The summed E-state index contributed by atoms with van der Waals surface area (Å²) in [5, 5.41) is 0. The molecule has 26 heavy (non-hydrogen) atoms. The Bertz CT molecular complexity index is 630. The molecule has 146 valence electrons.